The van der Waals surface area contributed by atoms with Crippen molar-refractivity contribution in [3.05, 3.63) is 64.7 Å². The predicted molar refractivity (Wildman–Crippen MR) is 122 cm³/mol. The molecule has 0 atom stereocenters. The lowest BCUT2D eigenvalue weighted by molar-refractivity contribution is -0.268. The van der Waals surface area contributed by atoms with Crippen LogP contribution >= 0.6 is 0 Å². The second kappa shape index (κ2) is 9.72. The highest BCUT2D eigenvalue weighted by molar-refractivity contribution is 5.83. The van der Waals surface area contributed by atoms with Gasteiger partial charge in [0.15, 0.2) is 0 Å². The van der Waals surface area contributed by atoms with E-state index in [-0.39, 0.29) is 24.3 Å². The number of likely N-dealkylation sites (tertiary alicyclic amines) is 1. The summed E-state index contributed by atoms with van der Waals surface area (Å²) in [6, 6.07) is 7.76. The van der Waals surface area contributed by atoms with Crippen LogP contribution in [0.15, 0.2) is 36.5 Å². The van der Waals surface area contributed by atoms with E-state index in [9.17, 15) is 22.4 Å². The summed E-state index contributed by atoms with van der Waals surface area (Å²) >= 11 is 0. The topological polar surface area (TPSA) is 54.9 Å². The summed E-state index contributed by atoms with van der Waals surface area (Å²) < 4.78 is 64.4. The maximum absolute atomic E-state index is 13.3. The number of alkyl halides is 3. The number of hydrogen-bond acceptors (Lipinski definition) is 5. The van der Waals surface area contributed by atoms with E-state index in [1.54, 1.807) is 6.92 Å². The van der Waals surface area contributed by atoms with Crippen molar-refractivity contribution in [1.82, 2.24) is 14.8 Å². The first kappa shape index (κ1) is 25.1. The summed E-state index contributed by atoms with van der Waals surface area (Å²) in [5.41, 5.74) is 1.29. The van der Waals surface area contributed by atoms with E-state index >= 15 is 0 Å². The van der Waals surface area contributed by atoms with Crippen LogP contribution in [0.25, 0.3) is 0 Å². The predicted octanol–water partition coefficient (Wildman–Crippen LogP) is 4.14. The van der Waals surface area contributed by atoms with E-state index in [0.29, 0.717) is 43.4 Å². The highest BCUT2D eigenvalue weighted by atomic mass is 19.4. The first-order chi connectivity index (χ1) is 17.1. The molecule has 3 aliphatic rings. The van der Waals surface area contributed by atoms with Crippen molar-refractivity contribution < 1.29 is 31.8 Å². The van der Waals surface area contributed by atoms with Gasteiger partial charge in [-0.3, -0.25) is 14.7 Å². The molecule has 0 spiro atoms. The zero-order chi connectivity index (χ0) is 25.5. The number of aromatic nitrogens is 1. The molecule has 1 aromatic carbocycles. The molecule has 2 saturated heterocycles. The third-order valence-corrected chi connectivity index (χ3v) is 7.53. The summed E-state index contributed by atoms with van der Waals surface area (Å²) in [6.07, 6.45) is -1.38. The second-order valence-corrected chi connectivity index (χ2v) is 9.89. The van der Waals surface area contributed by atoms with Crippen LogP contribution in [0, 0.1) is 5.82 Å². The minimum atomic E-state index is -4.49. The van der Waals surface area contributed by atoms with Gasteiger partial charge < -0.3 is 14.4 Å². The van der Waals surface area contributed by atoms with Crippen LogP contribution < -0.4 is 0 Å². The normalized spacial score (nSPS) is 26.0. The van der Waals surface area contributed by atoms with E-state index in [1.807, 2.05) is 12.1 Å². The van der Waals surface area contributed by atoms with Gasteiger partial charge in [0.1, 0.15) is 5.82 Å². The van der Waals surface area contributed by atoms with Gasteiger partial charge in [0, 0.05) is 31.4 Å². The van der Waals surface area contributed by atoms with Crippen LogP contribution in [0.4, 0.5) is 17.6 Å². The van der Waals surface area contributed by atoms with E-state index in [0.717, 1.165) is 43.8 Å². The molecule has 5 rings (SSSR count). The number of hydrogen-bond donors (Lipinski definition) is 0. The summed E-state index contributed by atoms with van der Waals surface area (Å²) in [6.45, 7) is 4.30. The summed E-state index contributed by atoms with van der Waals surface area (Å²) in [5.74, 6) is -1.72. The van der Waals surface area contributed by atoms with Gasteiger partial charge in [-0.1, -0.05) is 12.1 Å². The van der Waals surface area contributed by atoms with Gasteiger partial charge in [-0.05, 0) is 68.1 Å². The first-order valence-electron chi connectivity index (χ1n) is 12.2. The minimum absolute atomic E-state index is 0.0145. The average molecular weight is 508 g/mol. The molecule has 36 heavy (non-hydrogen) atoms. The number of nitrogens with zero attached hydrogens (tertiary/aromatic N) is 3. The fourth-order valence-electron chi connectivity index (χ4n) is 5.31. The number of ether oxygens (including phenoxy) is 2. The fraction of sp³-hybridized carbons (Fsp3) is 0.538. The van der Waals surface area contributed by atoms with Crippen molar-refractivity contribution in [2.24, 2.45) is 0 Å². The zero-order valence-electron chi connectivity index (χ0n) is 20.1. The summed E-state index contributed by atoms with van der Waals surface area (Å²) in [7, 11) is 0. The molecule has 2 aromatic rings. The van der Waals surface area contributed by atoms with E-state index < -0.39 is 17.5 Å². The van der Waals surface area contributed by atoms with E-state index in [2.05, 4.69) is 9.88 Å². The van der Waals surface area contributed by atoms with Crippen molar-refractivity contribution in [2.45, 2.75) is 56.7 Å². The zero-order valence-corrected chi connectivity index (χ0v) is 20.1. The molecule has 1 aromatic heterocycles. The fourth-order valence-corrected chi connectivity index (χ4v) is 5.31. The summed E-state index contributed by atoms with van der Waals surface area (Å²) in [5, 5.41) is 0. The van der Waals surface area contributed by atoms with Crippen LogP contribution in [0.1, 0.15) is 48.1 Å². The molecule has 0 aliphatic carbocycles. The number of pyridine rings is 1. The van der Waals surface area contributed by atoms with Gasteiger partial charge >= 0.3 is 6.18 Å². The van der Waals surface area contributed by atoms with Crippen LogP contribution in [0.2, 0.25) is 0 Å². The summed E-state index contributed by atoms with van der Waals surface area (Å²) in [4.78, 5) is 21.0. The van der Waals surface area contributed by atoms with E-state index in [1.165, 1.54) is 17.0 Å². The Kier molecular flexibility index (Phi) is 6.78. The molecular formula is C26H29F4N3O3. The molecule has 2 fully saturated rings. The van der Waals surface area contributed by atoms with Crippen molar-refractivity contribution >= 4 is 5.91 Å². The quantitative estimate of drug-likeness (QED) is 0.585. The number of rotatable bonds is 3. The van der Waals surface area contributed by atoms with Crippen molar-refractivity contribution in [3.8, 4) is 0 Å². The highest BCUT2D eigenvalue weighted by Crippen LogP contribution is 2.33. The van der Waals surface area contributed by atoms with Crippen LogP contribution in [-0.4, -0.2) is 65.4 Å². The monoisotopic (exact) mass is 507 g/mol. The number of halogens is 4. The van der Waals surface area contributed by atoms with Crippen molar-refractivity contribution in [2.75, 3.05) is 32.8 Å². The Hall–Kier alpha value is -2.56. The van der Waals surface area contributed by atoms with Gasteiger partial charge in [0.05, 0.1) is 24.8 Å². The molecule has 0 bridgehead atoms. The Balaban J connectivity index is 1.16. The lowest BCUT2D eigenvalue weighted by Gasteiger charge is -2.44. The molecule has 3 aliphatic heterocycles. The Bertz CT molecular complexity index is 1090. The number of carbonyl (C=O) groups excluding carboxylic acids is 1. The van der Waals surface area contributed by atoms with Gasteiger partial charge in [-0.2, -0.15) is 13.2 Å². The third-order valence-electron chi connectivity index (χ3n) is 7.53. The van der Waals surface area contributed by atoms with Gasteiger partial charge in [0.25, 0.3) is 5.91 Å². The SMILES string of the molecule is C[C@]1(C(=O)N2CCc3ncc(C(F)(F)F)cc3C2)OC[C@@H](N2CCC(c3ccc(F)cc3)CC2)CO1. The largest absolute Gasteiger partial charge is 0.417 e. The maximum atomic E-state index is 13.3. The maximum Gasteiger partial charge on any atom is 0.417 e. The number of fused-ring (bicyclic) bond motifs is 1. The molecule has 0 N–H and O–H groups in total. The van der Waals surface area contributed by atoms with Crippen LogP contribution in [0.3, 0.4) is 0 Å². The molecule has 6 nitrogen and oxygen atoms in total. The molecular weight excluding hydrogens is 478 g/mol. The minimum Gasteiger partial charge on any atom is -0.341 e. The Labute approximate surface area is 207 Å². The average Bonchev–Trinajstić information content (AvgIpc) is 2.88. The van der Waals surface area contributed by atoms with Crippen LogP contribution in [0.5, 0.6) is 0 Å². The molecule has 0 unspecified atom stereocenters. The highest BCUT2D eigenvalue weighted by Gasteiger charge is 2.45. The standard InChI is InChI=1S/C26H29F4N3O3/c1-25(24(34)33-11-8-23-19(14-33)12-20(13-31-23)26(28,29)30)35-15-22(16-36-25)32-9-6-18(7-10-32)17-2-4-21(27)5-3-17/h2-5,12-13,18,22H,6-11,14-16H2,1H3/t22-,25+. The Morgan fingerprint density at radius 3 is 2.39 bits per heavy atom. The molecule has 10 heteroatoms. The molecule has 1 amide bonds. The number of carbonyl (C=O) groups is 1. The van der Waals surface area contributed by atoms with Gasteiger partial charge in [0.2, 0.25) is 5.79 Å². The molecule has 194 valence electrons. The Morgan fingerprint density at radius 2 is 1.75 bits per heavy atom. The lowest BCUT2D eigenvalue weighted by Crippen LogP contribution is -2.59. The molecule has 4 heterocycles. The number of piperidine rings is 1. The van der Waals surface area contributed by atoms with E-state index in [4.69, 9.17) is 9.47 Å². The van der Waals surface area contributed by atoms with Crippen LogP contribution in [-0.2, 0) is 33.4 Å². The molecule has 0 saturated carbocycles. The van der Waals surface area contributed by atoms with Gasteiger partial charge in [-0.25, -0.2) is 4.39 Å². The van der Waals surface area contributed by atoms with Crippen molar-refractivity contribution in [3.63, 3.8) is 0 Å². The van der Waals surface area contributed by atoms with Crippen molar-refractivity contribution in [1.29, 1.82) is 0 Å². The second-order valence-electron chi connectivity index (χ2n) is 9.89. The lowest BCUT2D eigenvalue weighted by atomic mass is 9.89. The molecule has 0 radical (unpaired) electrons. The van der Waals surface area contributed by atoms with Gasteiger partial charge in [-0.15, -0.1) is 0 Å². The smallest absolute Gasteiger partial charge is 0.341 e. The third kappa shape index (κ3) is 5.12. The Morgan fingerprint density at radius 1 is 1.08 bits per heavy atom. The first-order valence-corrected chi connectivity index (χ1v) is 12.2. The number of benzene rings is 1. The number of amides is 1.